The second-order valence-electron chi connectivity index (χ2n) is 3.92. The maximum atomic E-state index is 13.0. The Balaban J connectivity index is 2.74. The maximum Gasteiger partial charge on any atom is 0.418 e. The van der Waals surface area contributed by atoms with Crippen LogP contribution in [0.4, 0.5) is 19.0 Å². The van der Waals surface area contributed by atoms with Gasteiger partial charge in [-0.25, -0.2) is 4.98 Å². The number of pyridine rings is 1. The first-order valence-corrected chi connectivity index (χ1v) is 5.49. The van der Waals surface area contributed by atoms with Crippen molar-refractivity contribution in [2.24, 2.45) is 0 Å². The standard InChI is InChI=1S/C14H11F3N2/c1-2-9-5-3-4-6-10(9)13-11(14(15,16)17)7-8-12(18)19-13/h2-8H,1H2,(H2,18,19). The zero-order valence-corrected chi connectivity index (χ0v) is 9.91. The lowest BCUT2D eigenvalue weighted by molar-refractivity contribution is -0.137. The molecular formula is C14H11F3N2. The van der Waals surface area contributed by atoms with E-state index in [4.69, 9.17) is 5.73 Å². The normalized spacial score (nSPS) is 11.3. The van der Waals surface area contributed by atoms with Crippen LogP contribution in [0, 0.1) is 0 Å². The van der Waals surface area contributed by atoms with E-state index in [1.54, 1.807) is 24.3 Å². The number of rotatable bonds is 2. The molecule has 0 atom stereocenters. The van der Waals surface area contributed by atoms with E-state index in [0.29, 0.717) is 11.1 Å². The van der Waals surface area contributed by atoms with E-state index in [-0.39, 0.29) is 11.5 Å². The Morgan fingerprint density at radius 3 is 2.42 bits per heavy atom. The van der Waals surface area contributed by atoms with Crippen molar-refractivity contribution in [3.63, 3.8) is 0 Å². The Morgan fingerprint density at radius 1 is 1.11 bits per heavy atom. The molecule has 0 aliphatic carbocycles. The molecule has 98 valence electrons. The Hall–Kier alpha value is -2.30. The molecule has 1 heterocycles. The molecule has 0 aliphatic rings. The zero-order valence-electron chi connectivity index (χ0n) is 9.91. The van der Waals surface area contributed by atoms with Crippen molar-refractivity contribution in [2.45, 2.75) is 6.18 Å². The average Bonchev–Trinajstić information content (AvgIpc) is 2.37. The molecule has 2 nitrogen and oxygen atoms in total. The number of hydrogen-bond acceptors (Lipinski definition) is 2. The van der Waals surface area contributed by atoms with Gasteiger partial charge in [0.15, 0.2) is 0 Å². The second-order valence-corrected chi connectivity index (χ2v) is 3.92. The number of anilines is 1. The van der Waals surface area contributed by atoms with Gasteiger partial charge in [-0.15, -0.1) is 0 Å². The predicted molar refractivity (Wildman–Crippen MR) is 69.2 cm³/mol. The van der Waals surface area contributed by atoms with Crippen LogP contribution >= 0.6 is 0 Å². The quantitative estimate of drug-likeness (QED) is 0.890. The topological polar surface area (TPSA) is 38.9 Å². The molecule has 5 heteroatoms. The van der Waals surface area contributed by atoms with Gasteiger partial charge < -0.3 is 5.73 Å². The van der Waals surface area contributed by atoms with Crippen molar-refractivity contribution >= 4 is 11.9 Å². The fourth-order valence-corrected chi connectivity index (χ4v) is 1.80. The lowest BCUT2D eigenvalue weighted by atomic mass is 10.00. The Bertz CT molecular complexity index is 618. The van der Waals surface area contributed by atoms with Gasteiger partial charge in [0.05, 0.1) is 11.3 Å². The van der Waals surface area contributed by atoms with Crippen LogP contribution < -0.4 is 5.73 Å². The predicted octanol–water partition coefficient (Wildman–Crippen LogP) is 3.99. The smallest absolute Gasteiger partial charge is 0.384 e. The first kappa shape index (κ1) is 13.1. The number of nitrogen functional groups attached to an aromatic ring is 1. The lowest BCUT2D eigenvalue weighted by Crippen LogP contribution is -2.10. The third-order valence-corrected chi connectivity index (χ3v) is 2.66. The molecule has 2 aromatic rings. The summed E-state index contributed by atoms with van der Waals surface area (Å²) in [5.74, 6) is 0.0434. The summed E-state index contributed by atoms with van der Waals surface area (Å²) >= 11 is 0. The van der Waals surface area contributed by atoms with Gasteiger partial charge in [-0.2, -0.15) is 13.2 Å². The molecule has 0 spiro atoms. The van der Waals surface area contributed by atoms with Crippen molar-refractivity contribution in [3.05, 3.63) is 54.1 Å². The third-order valence-electron chi connectivity index (χ3n) is 2.66. The van der Waals surface area contributed by atoms with Crippen molar-refractivity contribution < 1.29 is 13.2 Å². The molecule has 0 fully saturated rings. The van der Waals surface area contributed by atoms with E-state index < -0.39 is 11.7 Å². The van der Waals surface area contributed by atoms with Crippen molar-refractivity contribution in [1.29, 1.82) is 0 Å². The first-order chi connectivity index (χ1) is 8.93. The molecule has 19 heavy (non-hydrogen) atoms. The Kier molecular flexibility index (Phi) is 3.29. The molecule has 0 unspecified atom stereocenters. The molecule has 0 saturated carbocycles. The van der Waals surface area contributed by atoms with E-state index in [1.165, 1.54) is 6.08 Å². The number of halogens is 3. The highest BCUT2D eigenvalue weighted by Gasteiger charge is 2.34. The maximum absolute atomic E-state index is 13.0. The average molecular weight is 264 g/mol. The number of alkyl halides is 3. The molecule has 0 aliphatic heterocycles. The second kappa shape index (κ2) is 4.76. The molecular weight excluding hydrogens is 253 g/mol. The highest BCUT2D eigenvalue weighted by molar-refractivity contribution is 5.75. The lowest BCUT2D eigenvalue weighted by Gasteiger charge is -2.14. The van der Waals surface area contributed by atoms with Crippen LogP contribution in [0.1, 0.15) is 11.1 Å². The number of aromatic nitrogens is 1. The highest BCUT2D eigenvalue weighted by atomic mass is 19.4. The Labute approximate surface area is 108 Å². The van der Waals surface area contributed by atoms with Crippen LogP contribution in [-0.2, 0) is 6.18 Å². The SMILES string of the molecule is C=Cc1ccccc1-c1nc(N)ccc1C(F)(F)F. The van der Waals surface area contributed by atoms with Gasteiger partial charge in [-0.3, -0.25) is 0 Å². The van der Waals surface area contributed by atoms with Crippen LogP contribution in [0.5, 0.6) is 0 Å². The third kappa shape index (κ3) is 2.59. The van der Waals surface area contributed by atoms with E-state index in [0.717, 1.165) is 12.1 Å². The van der Waals surface area contributed by atoms with Gasteiger partial charge in [0.2, 0.25) is 0 Å². The molecule has 2 rings (SSSR count). The number of benzene rings is 1. The number of nitrogens with two attached hydrogens (primary N) is 1. The minimum absolute atomic E-state index is 0.0434. The van der Waals surface area contributed by atoms with E-state index in [2.05, 4.69) is 11.6 Å². The van der Waals surface area contributed by atoms with Gasteiger partial charge in [0, 0.05) is 5.56 Å². The first-order valence-electron chi connectivity index (χ1n) is 5.49. The van der Waals surface area contributed by atoms with Gasteiger partial charge in [-0.05, 0) is 17.7 Å². The summed E-state index contributed by atoms with van der Waals surface area (Å²) in [6, 6.07) is 8.69. The van der Waals surface area contributed by atoms with Gasteiger partial charge >= 0.3 is 6.18 Å². The fraction of sp³-hybridized carbons (Fsp3) is 0.0714. The molecule has 0 radical (unpaired) electrons. The summed E-state index contributed by atoms with van der Waals surface area (Å²) in [5, 5.41) is 0. The van der Waals surface area contributed by atoms with Gasteiger partial charge in [0.1, 0.15) is 5.82 Å². The summed E-state index contributed by atoms with van der Waals surface area (Å²) in [6.45, 7) is 3.59. The zero-order chi connectivity index (χ0) is 14.0. The molecule has 2 N–H and O–H groups in total. The van der Waals surface area contributed by atoms with Crippen molar-refractivity contribution in [2.75, 3.05) is 5.73 Å². The summed E-state index contributed by atoms with van der Waals surface area (Å²) in [6.07, 6.45) is -3.00. The monoisotopic (exact) mass is 264 g/mol. The van der Waals surface area contributed by atoms with E-state index >= 15 is 0 Å². The highest BCUT2D eigenvalue weighted by Crippen LogP contribution is 2.37. The van der Waals surface area contributed by atoms with E-state index in [1.807, 2.05) is 0 Å². The molecule has 0 saturated heterocycles. The summed E-state index contributed by atoms with van der Waals surface area (Å²) in [5.41, 5.74) is 5.44. The van der Waals surface area contributed by atoms with Crippen molar-refractivity contribution in [1.82, 2.24) is 4.98 Å². The summed E-state index contributed by atoms with van der Waals surface area (Å²) in [4.78, 5) is 3.83. The largest absolute Gasteiger partial charge is 0.418 e. The van der Waals surface area contributed by atoms with Crippen LogP contribution in [0.2, 0.25) is 0 Å². The Morgan fingerprint density at radius 2 is 1.79 bits per heavy atom. The molecule has 0 amide bonds. The summed E-state index contributed by atoms with van der Waals surface area (Å²) < 4.78 is 39.0. The van der Waals surface area contributed by atoms with Gasteiger partial charge in [-0.1, -0.05) is 36.9 Å². The number of nitrogens with zero attached hydrogens (tertiary/aromatic N) is 1. The summed E-state index contributed by atoms with van der Waals surface area (Å²) in [7, 11) is 0. The van der Waals surface area contributed by atoms with Crippen LogP contribution in [0.15, 0.2) is 43.0 Å². The molecule has 1 aromatic heterocycles. The number of hydrogen-bond donors (Lipinski definition) is 1. The van der Waals surface area contributed by atoms with Crippen molar-refractivity contribution in [3.8, 4) is 11.3 Å². The molecule has 0 bridgehead atoms. The van der Waals surface area contributed by atoms with Crippen LogP contribution in [-0.4, -0.2) is 4.98 Å². The fourth-order valence-electron chi connectivity index (χ4n) is 1.80. The minimum Gasteiger partial charge on any atom is -0.384 e. The van der Waals surface area contributed by atoms with Crippen LogP contribution in [0.25, 0.3) is 17.3 Å². The van der Waals surface area contributed by atoms with Crippen LogP contribution in [0.3, 0.4) is 0 Å². The van der Waals surface area contributed by atoms with Gasteiger partial charge in [0.25, 0.3) is 0 Å². The minimum atomic E-state index is -4.48. The van der Waals surface area contributed by atoms with E-state index in [9.17, 15) is 13.2 Å². The molecule has 1 aromatic carbocycles.